The highest BCUT2D eigenvalue weighted by Crippen LogP contribution is 2.50. The van der Waals surface area contributed by atoms with Crippen LogP contribution in [0.4, 0.5) is 4.79 Å². The average molecular weight is 746 g/mol. The zero-order valence-corrected chi connectivity index (χ0v) is 33.2. The molecule has 288 valence electrons. The number of unbranched alkanes of at least 4 members (excludes halogenated alkanes) is 3. The molecule has 0 bridgehead atoms. The summed E-state index contributed by atoms with van der Waals surface area (Å²) in [5.74, 6) is -1.66. The fourth-order valence-electron chi connectivity index (χ4n) is 7.26. The zero-order valence-electron chi connectivity index (χ0n) is 32.4. The molecule has 1 saturated heterocycles. The number of alkyl carbamates (subject to hydrolysis) is 1. The minimum absolute atomic E-state index is 0.201. The molecule has 10 heteroatoms. The van der Waals surface area contributed by atoms with Gasteiger partial charge in [0.2, 0.25) is 11.8 Å². The largest absolute Gasteiger partial charge is 0.479 e. The molecule has 1 aliphatic carbocycles. The van der Waals surface area contributed by atoms with E-state index in [2.05, 4.69) is 67.1 Å². The molecule has 9 nitrogen and oxygen atoms in total. The van der Waals surface area contributed by atoms with Gasteiger partial charge in [0.1, 0.15) is 23.2 Å². The molecule has 1 aliphatic heterocycles. The molecule has 1 heterocycles. The third-order valence-electron chi connectivity index (χ3n) is 10.5. The fraction of sp³-hybridized carbons (Fsp3) is 0.535. The molecule has 2 aliphatic rings. The number of hydrogen-bond acceptors (Lipinski definition) is 6. The Morgan fingerprint density at radius 3 is 2.21 bits per heavy atom. The summed E-state index contributed by atoms with van der Waals surface area (Å²) in [6.45, 7) is 19.1. The third-order valence-corrected chi connectivity index (χ3v) is 12.1. The number of allylic oxidation sites excluding steroid dienone is 1. The Kier molecular flexibility index (Phi) is 13.7. The summed E-state index contributed by atoms with van der Waals surface area (Å²) in [5, 5.41) is 16.0. The van der Waals surface area contributed by atoms with E-state index in [1.165, 1.54) is 0 Å². The molecule has 2 aromatic carbocycles. The minimum atomic E-state index is -1.47. The first-order valence-electron chi connectivity index (χ1n) is 18.9. The molecule has 2 unspecified atom stereocenters. The maximum atomic E-state index is 15.1. The maximum Gasteiger partial charge on any atom is 0.408 e. The van der Waals surface area contributed by atoms with Crippen molar-refractivity contribution in [1.29, 1.82) is 0 Å². The number of hydrogen-bond donors (Lipinski definition) is 3. The van der Waals surface area contributed by atoms with Crippen molar-refractivity contribution >= 4 is 35.6 Å². The first kappa shape index (κ1) is 41.7. The van der Waals surface area contributed by atoms with Crippen LogP contribution in [0.15, 0.2) is 79.9 Å². The van der Waals surface area contributed by atoms with E-state index in [4.69, 9.17) is 4.74 Å². The van der Waals surface area contributed by atoms with Crippen molar-refractivity contribution in [2.45, 2.75) is 121 Å². The molecule has 0 aromatic heterocycles. The molecule has 0 spiro atoms. The van der Waals surface area contributed by atoms with E-state index < -0.39 is 63.2 Å². The van der Waals surface area contributed by atoms with E-state index in [1.807, 2.05) is 38.1 Å². The van der Waals surface area contributed by atoms with Crippen LogP contribution in [0.25, 0.3) is 11.1 Å². The molecule has 53 heavy (non-hydrogen) atoms. The lowest BCUT2D eigenvalue weighted by Gasteiger charge is -2.38. The highest BCUT2D eigenvalue weighted by Gasteiger charge is 2.62. The third kappa shape index (κ3) is 10.1. The van der Waals surface area contributed by atoms with E-state index in [1.54, 1.807) is 43.5 Å². The van der Waals surface area contributed by atoms with Gasteiger partial charge in [0, 0.05) is 12.5 Å². The number of thioether (sulfide) groups is 1. The van der Waals surface area contributed by atoms with Gasteiger partial charge in [-0.25, -0.2) is 9.59 Å². The number of benzene rings is 2. The molecule has 3 amide bonds. The van der Waals surface area contributed by atoms with Gasteiger partial charge in [0.25, 0.3) is 0 Å². The Labute approximate surface area is 320 Å². The molecule has 5 atom stereocenters. The van der Waals surface area contributed by atoms with Crippen molar-refractivity contribution < 1.29 is 29.0 Å². The summed E-state index contributed by atoms with van der Waals surface area (Å²) in [6, 6.07) is 16.4. The predicted molar refractivity (Wildman–Crippen MR) is 213 cm³/mol. The number of carboxylic acids is 1. The van der Waals surface area contributed by atoms with Gasteiger partial charge in [-0.15, -0.1) is 24.9 Å². The smallest absolute Gasteiger partial charge is 0.408 e. The summed E-state index contributed by atoms with van der Waals surface area (Å²) in [6.07, 6.45) is 8.28. The Morgan fingerprint density at radius 1 is 0.981 bits per heavy atom. The second-order valence-corrected chi connectivity index (χ2v) is 17.7. The zero-order chi connectivity index (χ0) is 39.0. The van der Waals surface area contributed by atoms with Gasteiger partial charge in [0.05, 0.1) is 4.75 Å². The Balaban J connectivity index is 1.79. The first-order valence-corrected chi connectivity index (χ1v) is 19.9. The number of amides is 3. The van der Waals surface area contributed by atoms with Crippen molar-refractivity contribution in [2.24, 2.45) is 11.3 Å². The van der Waals surface area contributed by atoms with Gasteiger partial charge >= 0.3 is 12.1 Å². The van der Waals surface area contributed by atoms with Gasteiger partial charge in [-0.1, -0.05) is 100 Å². The second-order valence-electron chi connectivity index (χ2n) is 16.2. The molecule has 3 N–H and O–H groups in total. The summed E-state index contributed by atoms with van der Waals surface area (Å²) in [7, 11) is 0. The number of nitrogens with one attached hydrogen (secondary N) is 2. The second kappa shape index (κ2) is 17.4. The summed E-state index contributed by atoms with van der Waals surface area (Å²) in [4.78, 5) is 57.1. The van der Waals surface area contributed by atoms with E-state index >= 15 is 4.79 Å². The molecular weight excluding hydrogens is 687 g/mol. The van der Waals surface area contributed by atoms with E-state index in [0.717, 1.165) is 54.5 Å². The van der Waals surface area contributed by atoms with Crippen LogP contribution in [-0.2, 0) is 23.9 Å². The first-order chi connectivity index (χ1) is 25.0. The Morgan fingerprint density at radius 2 is 1.64 bits per heavy atom. The van der Waals surface area contributed by atoms with Crippen LogP contribution < -0.4 is 10.6 Å². The Bertz CT molecular complexity index is 1620. The van der Waals surface area contributed by atoms with Crippen LogP contribution in [-0.4, -0.2) is 69.4 Å². The molecule has 2 fully saturated rings. The number of likely N-dealkylation sites (tertiary alicyclic amines) is 1. The number of rotatable bonds is 18. The van der Waals surface area contributed by atoms with Crippen molar-refractivity contribution in [2.75, 3.05) is 12.3 Å². The van der Waals surface area contributed by atoms with Crippen molar-refractivity contribution in [1.82, 2.24) is 15.5 Å². The number of nitrogens with zero attached hydrogens (tertiary/aromatic N) is 1. The van der Waals surface area contributed by atoms with Crippen molar-refractivity contribution in [3.63, 3.8) is 0 Å². The predicted octanol–water partition coefficient (Wildman–Crippen LogP) is 8.49. The highest BCUT2D eigenvalue weighted by molar-refractivity contribution is 8.00. The standard InChI is InChI=1S/C43H59N3O6S/c1-9-12-14-18-25-41(7,8)35(44-39(51)52-40(4,5)6)37(48)46-29-42(53-26-13-10-2,33-23-21-31(22-24-33)30-19-16-15-17-20-30)28-34(46)36(47)45-43(38(49)50)27-32(43)11-3/h9,11,15-17,19-24,32,34-35H,1,3,10,12-14,18,25-29H2,2,4-8H3,(H,44,51)(H,45,47)(H,49,50)/t32?,34-,35+,42-,43?/m0/s1. The normalized spacial score (nSPS) is 23.1. The SMILES string of the molecule is C=CCCCCC(C)(C)[C@H](NC(=O)OC(C)(C)C)C(=O)N1C[C@](SCCCC)(c2ccc(-c3ccccc3)cc2)C[C@H]1C(=O)NC1(C(=O)O)CC1C=C. The van der Waals surface area contributed by atoms with Gasteiger partial charge < -0.3 is 25.4 Å². The molecular formula is C43H59N3O6S. The lowest BCUT2D eigenvalue weighted by molar-refractivity contribution is -0.146. The topological polar surface area (TPSA) is 125 Å². The van der Waals surface area contributed by atoms with Gasteiger partial charge in [-0.3, -0.25) is 9.59 Å². The van der Waals surface area contributed by atoms with Gasteiger partial charge in [-0.05, 0) is 87.2 Å². The highest BCUT2D eigenvalue weighted by atomic mass is 32.2. The van der Waals surface area contributed by atoms with Crippen LogP contribution in [0.3, 0.4) is 0 Å². The molecule has 0 radical (unpaired) electrons. The van der Waals surface area contributed by atoms with Crippen molar-refractivity contribution in [3.8, 4) is 11.1 Å². The average Bonchev–Trinajstić information content (AvgIpc) is 3.70. The number of aliphatic carboxylic acids is 1. The molecule has 1 saturated carbocycles. The van der Waals surface area contributed by atoms with E-state index in [9.17, 15) is 19.5 Å². The lowest BCUT2D eigenvalue weighted by atomic mass is 9.78. The maximum absolute atomic E-state index is 15.1. The number of carboxylic acid groups (broad SMARTS) is 1. The minimum Gasteiger partial charge on any atom is -0.479 e. The van der Waals surface area contributed by atoms with Gasteiger partial charge in [-0.2, -0.15) is 0 Å². The molecule has 2 aromatic rings. The summed E-state index contributed by atoms with van der Waals surface area (Å²) >= 11 is 1.73. The van der Waals surface area contributed by atoms with Crippen LogP contribution in [0, 0.1) is 11.3 Å². The Hall–Kier alpha value is -4.05. The number of ether oxygens (including phenoxy) is 1. The lowest BCUT2D eigenvalue weighted by Crippen LogP contribution is -2.60. The van der Waals surface area contributed by atoms with Gasteiger partial charge in [0.15, 0.2) is 0 Å². The summed E-state index contributed by atoms with van der Waals surface area (Å²) < 4.78 is 4.97. The van der Waals surface area contributed by atoms with Crippen LogP contribution in [0.1, 0.15) is 98.5 Å². The quantitative estimate of drug-likeness (QED) is 0.103. The van der Waals surface area contributed by atoms with Crippen molar-refractivity contribution in [3.05, 3.63) is 85.5 Å². The fourth-order valence-corrected chi connectivity index (χ4v) is 8.89. The number of carbonyl (C=O) groups excluding carboxylic acids is 3. The van der Waals surface area contributed by atoms with E-state index in [-0.39, 0.29) is 19.4 Å². The van der Waals surface area contributed by atoms with Crippen LogP contribution in [0.2, 0.25) is 0 Å². The van der Waals surface area contributed by atoms with Crippen LogP contribution in [0.5, 0.6) is 0 Å². The molecule has 4 rings (SSSR count). The number of carbonyl (C=O) groups is 4. The monoisotopic (exact) mass is 745 g/mol. The van der Waals surface area contributed by atoms with Crippen LogP contribution >= 0.6 is 11.8 Å². The summed E-state index contributed by atoms with van der Waals surface area (Å²) in [5.41, 5.74) is 0.130. The van der Waals surface area contributed by atoms with E-state index in [0.29, 0.717) is 6.42 Å².